The number of carbonyl (C=O) groups excluding carboxylic acids is 1. The third kappa shape index (κ3) is 3.57. The van der Waals surface area contributed by atoms with Crippen molar-refractivity contribution < 1.29 is 13.9 Å². The number of carbonyl (C=O) groups is 1. The number of esters is 1. The molecule has 7 nitrogen and oxygen atoms in total. The summed E-state index contributed by atoms with van der Waals surface area (Å²) in [7, 11) is 2.62. The molecule has 8 heteroatoms. The van der Waals surface area contributed by atoms with E-state index in [1.807, 2.05) is 0 Å². The minimum Gasteiger partial charge on any atom is -0.423 e. The number of aryl methyl sites for hydroxylation is 1. The summed E-state index contributed by atoms with van der Waals surface area (Å²) in [5, 5.41) is 2.69. The van der Waals surface area contributed by atoms with Crippen LogP contribution in [-0.4, -0.2) is 15.1 Å². The highest BCUT2D eigenvalue weighted by Crippen LogP contribution is 2.22. The zero-order chi connectivity index (χ0) is 20.4. The van der Waals surface area contributed by atoms with Gasteiger partial charge in [-0.25, -0.2) is 14.0 Å². The molecule has 1 aromatic heterocycles. The molecule has 3 rings (SSSR count). The standard InChI is InChI=1S/C20H18FN3O4/c1-12-9-10-15(14(21)11-12)22-17-16(18(25)24(3)20(27)23(17)2)19(26)28-13-7-5-4-6-8-13/h4-11,22H,1-3H3. The van der Waals surface area contributed by atoms with Gasteiger partial charge in [-0.1, -0.05) is 24.3 Å². The second-order valence-electron chi connectivity index (χ2n) is 6.24. The fourth-order valence-corrected chi connectivity index (χ4v) is 2.67. The molecule has 0 amide bonds. The number of hydrogen-bond acceptors (Lipinski definition) is 5. The highest BCUT2D eigenvalue weighted by Gasteiger charge is 2.24. The molecule has 1 heterocycles. The molecule has 144 valence electrons. The summed E-state index contributed by atoms with van der Waals surface area (Å²) in [4.78, 5) is 37.7. The van der Waals surface area contributed by atoms with Crippen LogP contribution >= 0.6 is 0 Å². The maximum atomic E-state index is 14.3. The number of anilines is 2. The number of aromatic nitrogens is 2. The number of nitrogens with zero attached hydrogens (tertiary/aromatic N) is 2. The van der Waals surface area contributed by atoms with Crippen molar-refractivity contribution in [1.82, 2.24) is 9.13 Å². The number of nitrogens with one attached hydrogen (secondary N) is 1. The van der Waals surface area contributed by atoms with E-state index >= 15 is 0 Å². The Labute approximate surface area is 159 Å². The van der Waals surface area contributed by atoms with E-state index in [4.69, 9.17) is 4.74 Å². The molecule has 0 bridgehead atoms. The number of ether oxygens (including phenoxy) is 1. The maximum Gasteiger partial charge on any atom is 0.352 e. The molecule has 0 saturated heterocycles. The van der Waals surface area contributed by atoms with Crippen LogP contribution in [0.5, 0.6) is 5.75 Å². The lowest BCUT2D eigenvalue weighted by Gasteiger charge is -2.16. The van der Waals surface area contributed by atoms with Crippen LogP contribution in [0.4, 0.5) is 15.9 Å². The van der Waals surface area contributed by atoms with Gasteiger partial charge < -0.3 is 10.1 Å². The lowest BCUT2D eigenvalue weighted by atomic mass is 10.2. The van der Waals surface area contributed by atoms with Crippen molar-refractivity contribution in [3.05, 3.63) is 86.3 Å². The minimum absolute atomic E-state index is 0.0163. The zero-order valence-corrected chi connectivity index (χ0v) is 15.5. The molecular formula is C20H18FN3O4. The molecule has 0 atom stereocenters. The predicted octanol–water partition coefficient (Wildman–Crippen LogP) is 2.49. The van der Waals surface area contributed by atoms with Gasteiger partial charge in [-0.05, 0) is 36.8 Å². The van der Waals surface area contributed by atoms with Crippen LogP contribution < -0.4 is 21.3 Å². The van der Waals surface area contributed by atoms with Crippen molar-refractivity contribution >= 4 is 17.5 Å². The Hall–Kier alpha value is -3.68. The fraction of sp³-hybridized carbons (Fsp3) is 0.150. The first-order valence-corrected chi connectivity index (χ1v) is 8.40. The van der Waals surface area contributed by atoms with Crippen LogP contribution in [0.1, 0.15) is 15.9 Å². The number of hydrogen-bond donors (Lipinski definition) is 1. The van der Waals surface area contributed by atoms with Gasteiger partial charge >= 0.3 is 11.7 Å². The van der Waals surface area contributed by atoms with Gasteiger partial charge in [0.1, 0.15) is 17.4 Å². The quantitative estimate of drug-likeness (QED) is 0.553. The smallest absolute Gasteiger partial charge is 0.352 e. The molecule has 3 aromatic rings. The van der Waals surface area contributed by atoms with Crippen molar-refractivity contribution in [2.24, 2.45) is 14.1 Å². The third-order valence-corrected chi connectivity index (χ3v) is 4.20. The van der Waals surface area contributed by atoms with Crippen LogP contribution in [0.25, 0.3) is 0 Å². The summed E-state index contributed by atoms with van der Waals surface area (Å²) in [5.74, 6) is -1.47. The molecule has 0 aliphatic carbocycles. The van der Waals surface area contributed by atoms with Crippen LogP contribution in [0.3, 0.4) is 0 Å². The van der Waals surface area contributed by atoms with Crippen LogP contribution in [0.15, 0.2) is 58.1 Å². The Morgan fingerprint density at radius 1 is 1.04 bits per heavy atom. The molecular weight excluding hydrogens is 365 g/mol. The van der Waals surface area contributed by atoms with E-state index in [0.29, 0.717) is 5.56 Å². The summed E-state index contributed by atoms with van der Waals surface area (Å²) in [6.07, 6.45) is 0. The topological polar surface area (TPSA) is 82.3 Å². The molecule has 0 saturated carbocycles. The van der Waals surface area contributed by atoms with E-state index in [0.717, 1.165) is 9.13 Å². The van der Waals surface area contributed by atoms with Crippen molar-refractivity contribution in [2.45, 2.75) is 6.92 Å². The minimum atomic E-state index is -0.961. The van der Waals surface area contributed by atoms with E-state index in [1.54, 1.807) is 43.3 Å². The first kappa shape index (κ1) is 19.1. The predicted molar refractivity (Wildman–Crippen MR) is 103 cm³/mol. The van der Waals surface area contributed by atoms with Crippen LogP contribution in [0.2, 0.25) is 0 Å². The number of rotatable bonds is 4. The van der Waals surface area contributed by atoms with E-state index in [-0.39, 0.29) is 17.3 Å². The first-order valence-electron chi connectivity index (χ1n) is 8.40. The number of halogens is 1. The Morgan fingerprint density at radius 2 is 1.71 bits per heavy atom. The molecule has 2 aromatic carbocycles. The summed E-state index contributed by atoms with van der Waals surface area (Å²) < 4.78 is 21.4. The van der Waals surface area contributed by atoms with Crippen molar-refractivity contribution in [1.29, 1.82) is 0 Å². The highest BCUT2D eigenvalue weighted by molar-refractivity contribution is 5.96. The van der Waals surface area contributed by atoms with Crippen LogP contribution in [0, 0.1) is 12.7 Å². The molecule has 0 radical (unpaired) electrons. The van der Waals surface area contributed by atoms with Gasteiger partial charge in [0, 0.05) is 14.1 Å². The van der Waals surface area contributed by atoms with Gasteiger partial charge in [0.15, 0.2) is 5.56 Å². The van der Waals surface area contributed by atoms with Gasteiger partial charge in [-0.2, -0.15) is 0 Å². The molecule has 0 spiro atoms. The first-order chi connectivity index (χ1) is 13.3. The lowest BCUT2D eigenvalue weighted by molar-refractivity contribution is 0.0732. The van der Waals surface area contributed by atoms with Gasteiger partial charge in [0.05, 0.1) is 5.69 Å². The average Bonchev–Trinajstić information content (AvgIpc) is 2.67. The second kappa shape index (κ2) is 7.51. The Morgan fingerprint density at radius 3 is 2.36 bits per heavy atom. The molecule has 28 heavy (non-hydrogen) atoms. The molecule has 0 fully saturated rings. The summed E-state index contributed by atoms with van der Waals surface area (Å²) in [6, 6.07) is 12.6. The average molecular weight is 383 g/mol. The Balaban J connectivity index is 2.14. The van der Waals surface area contributed by atoms with E-state index in [2.05, 4.69) is 5.32 Å². The van der Waals surface area contributed by atoms with E-state index in [9.17, 15) is 18.8 Å². The third-order valence-electron chi connectivity index (χ3n) is 4.20. The molecule has 1 N–H and O–H groups in total. The van der Waals surface area contributed by atoms with E-state index < -0.39 is 28.6 Å². The Kier molecular flexibility index (Phi) is 5.12. The van der Waals surface area contributed by atoms with Gasteiger partial charge in [-0.15, -0.1) is 0 Å². The van der Waals surface area contributed by atoms with Gasteiger partial charge in [0.25, 0.3) is 5.56 Å². The Bertz CT molecular complexity index is 1170. The molecule has 0 aliphatic heterocycles. The van der Waals surface area contributed by atoms with Crippen molar-refractivity contribution in [2.75, 3.05) is 5.32 Å². The summed E-state index contributed by atoms with van der Waals surface area (Å²) >= 11 is 0. The maximum absolute atomic E-state index is 14.3. The monoisotopic (exact) mass is 383 g/mol. The van der Waals surface area contributed by atoms with Crippen molar-refractivity contribution in [3.63, 3.8) is 0 Å². The number of para-hydroxylation sites is 1. The molecule has 0 unspecified atom stereocenters. The SMILES string of the molecule is Cc1ccc(Nc2c(C(=O)Oc3ccccc3)c(=O)n(C)c(=O)n2C)c(F)c1. The summed E-state index contributed by atoms with van der Waals surface area (Å²) in [5.41, 5.74) is -1.21. The fourth-order valence-electron chi connectivity index (χ4n) is 2.67. The van der Waals surface area contributed by atoms with Gasteiger partial charge in [-0.3, -0.25) is 13.9 Å². The summed E-state index contributed by atoms with van der Waals surface area (Å²) in [6.45, 7) is 1.73. The van der Waals surface area contributed by atoms with Crippen LogP contribution in [-0.2, 0) is 14.1 Å². The largest absolute Gasteiger partial charge is 0.423 e. The highest BCUT2D eigenvalue weighted by atomic mass is 19.1. The zero-order valence-electron chi connectivity index (χ0n) is 15.5. The number of benzene rings is 2. The molecule has 0 aliphatic rings. The van der Waals surface area contributed by atoms with Gasteiger partial charge in [0.2, 0.25) is 0 Å². The second-order valence-corrected chi connectivity index (χ2v) is 6.24. The normalized spacial score (nSPS) is 10.6. The van der Waals surface area contributed by atoms with Crippen molar-refractivity contribution in [3.8, 4) is 5.75 Å². The lowest BCUT2D eigenvalue weighted by Crippen LogP contribution is -2.42. The van der Waals surface area contributed by atoms with E-state index in [1.165, 1.54) is 26.2 Å².